The third-order valence-electron chi connectivity index (χ3n) is 2.04. The van der Waals surface area contributed by atoms with E-state index >= 15 is 0 Å². The number of aliphatic hydroxyl groups excluding tert-OH is 1. The molecule has 2 N–H and O–H groups in total. The van der Waals surface area contributed by atoms with Crippen molar-refractivity contribution < 1.29 is 18.3 Å². The number of aliphatic hydroxyl groups is 1. The largest absolute Gasteiger partial charge is 0.433 e. The Labute approximate surface area is 93.6 Å². The number of benzene rings is 1. The zero-order chi connectivity index (χ0) is 11.9. The molecule has 0 saturated heterocycles. The molecular weight excluding hydrogens is 245 g/mol. The average molecular weight is 251 g/mol. The average Bonchev–Trinajstić information content (AvgIpc) is 2.16. The smallest absolute Gasteiger partial charge is 0.355 e. The molecule has 0 aromatic heterocycles. The molecule has 1 heterocycles. The van der Waals surface area contributed by atoms with Gasteiger partial charge in [-0.3, -0.25) is 0 Å². The Morgan fingerprint density at radius 1 is 1.38 bits per heavy atom. The Bertz CT molecular complexity index is 459. The van der Waals surface area contributed by atoms with Crippen LogP contribution in [0.3, 0.4) is 0 Å². The highest BCUT2D eigenvalue weighted by molar-refractivity contribution is 6.31. The third kappa shape index (κ3) is 1.98. The Kier molecular flexibility index (Phi) is 2.55. The van der Waals surface area contributed by atoms with E-state index in [0.717, 1.165) is 6.07 Å². The Hall–Kier alpha value is -1.27. The highest BCUT2D eigenvalue weighted by Crippen LogP contribution is 2.32. The van der Waals surface area contributed by atoms with Gasteiger partial charge in [0.05, 0.1) is 0 Å². The highest BCUT2D eigenvalue weighted by atomic mass is 35.5. The normalized spacial score (nSPS) is 19.8. The van der Waals surface area contributed by atoms with Crippen LogP contribution in [-0.2, 0) is 0 Å². The standard InChI is InChI=1S/C9H6ClF3N2O/c10-4-1-2-6-5(3-4)7(9(11,12)13)15-8(16)14-6/h1-3,8,14,16H. The van der Waals surface area contributed by atoms with Crippen molar-refractivity contribution in [2.24, 2.45) is 4.99 Å². The predicted molar refractivity (Wildman–Crippen MR) is 53.7 cm³/mol. The molecule has 0 fully saturated rings. The first-order valence-electron chi connectivity index (χ1n) is 4.27. The minimum absolute atomic E-state index is 0.152. The molecule has 0 bridgehead atoms. The van der Waals surface area contributed by atoms with Crippen molar-refractivity contribution in [2.45, 2.75) is 12.5 Å². The number of anilines is 1. The second-order valence-electron chi connectivity index (χ2n) is 3.18. The summed E-state index contributed by atoms with van der Waals surface area (Å²) in [5.74, 6) is 0. The first kappa shape index (κ1) is 11.2. The second kappa shape index (κ2) is 3.64. The molecule has 1 aromatic rings. The van der Waals surface area contributed by atoms with Crippen LogP contribution in [0, 0.1) is 0 Å². The van der Waals surface area contributed by atoms with Crippen LogP contribution in [0.5, 0.6) is 0 Å². The van der Waals surface area contributed by atoms with Crippen molar-refractivity contribution in [1.29, 1.82) is 0 Å². The minimum Gasteiger partial charge on any atom is -0.355 e. The molecule has 0 saturated carbocycles. The first-order valence-corrected chi connectivity index (χ1v) is 4.65. The Balaban J connectivity index is 2.58. The number of hydrogen-bond donors (Lipinski definition) is 2. The van der Waals surface area contributed by atoms with Gasteiger partial charge in [-0.05, 0) is 18.2 Å². The monoisotopic (exact) mass is 250 g/mol. The van der Waals surface area contributed by atoms with Gasteiger partial charge in [0.2, 0.25) is 6.35 Å². The van der Waals surface area contributed by atoms with E-state index in [1.807, 2.05) is 0 Å². The van der Waals surface area contributed by atoms with Gasteiger partial charge >= 0.3 is 6.18 Å². The van der Waals surface area contributed by atoms with Gasteiger partial charge in [0.1, 0.15) is 0 Å². The minimum atomic E-state index is -4.62. The SMILES string of the molecule is OC1N=C(C(F)(F)F)c2cc(Cl)ccc2N1. The number of halogens is 4. The van der Waals surface area contributed by atoms with E-state index in [1.54, 1.807) is 0 Å². The lowest BCUT2D eigenvalue weighted by Gasteiger charge is -2.23. The van der Waals surface area contributed by atoms with E-state index in [-0.39, 0.29) is 16.3 Å². The van der Waals surface area contributed by atoms with Crippen molar-refractivity contribution in [3.63, 3.8) is 0 Å². The fraction of sp³-hybridized carbons (Fsp3) is 0.222. The molecule has 7 heteroatoms. The summed E-state index contributed by atoms with van der Waals surface area (Å²) in [6.45, 7) is 0. The van der Waals surface area contributed by atoms with Gasteiger partial charge < -0.3 is 10.4 Å². The Morgan fingerprint density at radius 3 is 2.69 bits per heavy atom. The maximum atomic E-state index is 12.6. The lowest BCUT2D eigenvalue weighted by Crippen LogP contribution is -2.33. The van der Waals surface area contributed by atoms with Crippen molar-refractivity contribution in [3.8, 4) is 0 Å². The van der Waals surface area contributed by atoms with Gasteiger partial charge in [-0.1, -0.05) is 11.6 Å². The number of hydrogen-bond acceptors (Lipinski definition) is 3. The summed E-state index contributed by atoms with van der Waals surface area (Å²) in [6.07, 6.45) is -6.21. The van der Waals surface area contributed by atoms with Gasteiger partial charge in [-0.25, -0.2) is 4.99 Å². The van der Waals surface area contributed by atoms with Gasteiger partial charge in [-0.15, -0.1) is 0 Å². The molecule has 16 heavy (non-hydrogen) atoms. The van der Waals surface area contributed by atoms with Crippen LogP contribution in [-0.4, -0.2) is 23.3 Å². The summed E-state index contributed by atoms with van der Waals surface area (Å²) in [7, 11) is 0. The lowest BCUT2D eigenvalue weighted by atomic mass is 10.1. The fourth-order valence-electron chi connectivity index (χ4n) is 1.43. The van der Waals surface area contributed by atoms with E-state index in [4.69, 9.17) is 16.7 Å². The molecule has 1 aliphatic rings. The van der Waals surface area contributed by atoms with Gasteiger partial charge in [0.25, 0.3) is 0 Å². The van der Waals surface area contributed by atoms with Crippen LogP contribution in [0.25, 0.3) is 0 Å². The zero-order valence-electron chi connectivity index (χ0n) is 7.72. The number of rotatable bonds is 0. The molecule has 1 unspecified atom stereocenters. The highest BCUT2D eigenvalue weighted by Gasteiger charge is 2.40. The summed E-state index contributed by atoms with van der Waals surface area (Å²) in [6, 6.07) is 3.95. The summed E-state index contributed by atoms with van der Waals surface area (Å²) >= 11 is 5.62. The molecule has 0 aliphatic carbocycles. The van der Waals surface area contributed by atoms with Gasteiger partial charge in [-0.2, -0.15) is 13.2 Å². The number of aliphatic imine (C=N–C) groups is 1. The molecule has 2 rings (SSSR count). The van der Waals surface area contributed by atoms with Crippen LogP contribution in [0.1, 0.15) is 5.56 Å². The van der Waals surface area contributed by atoms with Gasteiger partial charge in [0, 0.05) is 16.3 Å². The quantitative estimate of drug-likeness (QED) is 0.743. The number of fused-ring (bicyclic) bond motifs is 1. The van der Waals surface area contributed by atoms with Crippen LogP contribution >= 0.6 is 11.6 Å². The van der Waals surface area contributed by atoms with Crippen LogP contribution in [0.15, 0.2) is 23.2 Å². The molecule has 1 atom stereocenters. The molecule has 1 aromatic carbocycles. The zero-order valence-corrected chi connectivity index (χ0v) is 8.47. The van der Waals surface area contributed by atoms with Gasteiger partial charge in [0.15, 0.2) is 5.71 Å². The molecule has 0 spiro atoms. The molecule has 0 radical (unpaired) electrons. The van der Waals surface area contributed by atoms with Crippen molar-refractivity contribution in [2.75, 3.05) is 5.32 Å². The molecule has 0 amide bonds. The van der Waals surface area contributed by atoms with Crippen LogP contribution in [0.4, 0.5) is 18.9 Å². The number of nitrogens with one attached hydrogen (secondary N) is 1. The fourth-order valence-corrected chi connectivity index (χ4v) is 1.60. The molecule has 86 valence electrons. The van der Waals surface area contributed by atoms with Crippen molar-refractivity contribution in [3.05, 3.63) is 28.8 Å². The second-order valence-corrected chi connectivity index (χ2v) is 3.62. The van der Waals surface area contributed by atoms with E-state index in [2.05, 4.69) is 10.3 Å². The van der Waals surface area contributed by atoms with Crippen LogP contribution in [0.2, 0.25) is 5.02 Å². The number of nitrogens with zero attached hydrogens (tertiary/aromatic N) is 1. The van der Waals surface area contributed by atoms with E-state index in [1.165, 1.54) is 12.1 Å². The summed E-state index contributed by atoms with van der Waals surface area (Å²) in [4.78, 5) is 3.11. The lowest BCUT2D eigenvalue weighted by molar-refractivity contribution is -0.0592. The predicted octanol–water partition coefficient (Wildman–Crippen LogP) is 2.39. The summed E-state index contributed by atoms with van der Waals surface area (Å²) < 4.78 is 37.8. The van der Waals surface area contributed by atoms with E-state index in [9.17, 15) is 13.2 Å². The Morgan fingerprint density at radius 2 is 2.06 bits per heavy atom. The molecule has 3 nitrogen and oxygen atoms in total. The van der Waals surface area contributed by atoms with Crippen molar-refractivity contribution in [1.82, 2.24) is 0 Å². The number of alkyl halides is 3. The first-order chi connectivity index (χ1) is 7.38. The van der Waals surface area contributed by atoms with Crippen LogP contribution < -0.4 is 5.32 Å². The topological polar surface area (TPSA) is 44.6 Å². The van der Waals surface area contributed by atoms with E-state index < -0.39 is 18.2 Å². The molecular formula is C9H6ClF3N2O. The molecule has 1 aliphatic heterocycles. The maximum absolute atomic E-state index is 12.6. The summed E-state index contributed by atoms with van der Waals surface area (Å²) in [5, 5.41) is 11.7. The van der Waals surface area contributed by atoms with Crippen molar-refractivity contribution >= 4 is 23.0 Å². The maximum Gasteiger partial charge on any atom is 0.433 e. The van der Waals surface area contributed by atoms with E-state index in [0.29, 0.717) is 0 Å². The summed E-state index contributed by atoms with van der Waals surface area (Å²) in [5.41, 5.74) is -1.14. The third-order valence-corrected chi connectivity index (χ3v) is 2.28.